The van der Waals surface area contributed by atoms with Crippen LogP contribution in [0.5, 0.6) is 5.75 Å². The molecule has 2 rings (SSSR count). The molecule has 1 aliphatic rings. The van der Waals surface area contributed by atoms with Crippen LogP contribution < -0.4 is 15.4 Å². The van der Waals surface area contributed by atoms with Crippen molar-refractivity contribution in [1.29, 1.82) is 0 Å². The quantitative estimate of drug-likeness (QED) is 0.248. The molecule has 148 valence electrons. The van der Waals surface area contributed by atoms with E-state index in [0.29, 0.717) is 6.54 Å². The summed E-state index contributed by atoms with van der Waals surface area (Å²) in [4.78, 5) is 7.08. The molecule has 0 aromatic heterocycles. The van der Waals surface area contributed by atoms with Crippen molar-refractivity contribution in [3.63, 3.8) is 0 Å². The van der Waals surface area contributed by atoms with Gasteiger partial charge in [0.1, 0.15) is 11.9 Å². The second kappa shape index (κ2) is 14.1. The third-order valence-corrected chi connectivity index (χ3v) is 3.98. The summed E-state index contributed by atoms with van der Waals surface area (Å²) < 4.78 is 11.2. The van der Waals surface area contributed by atoms with Crippen LogP contribution in [-0.2, 0) is 4.74 Å². The van der Waals surface area contributed by atoms with E-state index in [1.165, 1.54) is 0 Å². The first-order valence-electron chi connectivity index (χ1n) is 9.32. The molecule has 0 saturated carbocycles. The van der Waals surface area contributed by atoms with Gasteiger partial charge in [0.2, 0.25) is 0 Å². The number of para-hydroxylation sites is 1. The number of rotatable bonds is 9. The number of benzene rings is 1. The number of halogens is 1. The Morgan fingerprint density at radius 1 is 1.23 bits per heavy atom. The highest BCUT2D eigenvalue weighted by Crippen LogP contribution is 2.10. The monoisotopic (exact) mass is 476 g/mol. The van der Waals surface area contributed by atoms with Crippen molar-refractivity contribution < 1.29 is 9.47 Å². The van der Waals surface area contributed by atoms with Crippen molar-refractivity contribution >= 4 is 29.9 Å². The van der Waals surface area contributed by atoms with Gasteiger partial charge in [0.25, 0.3) is 0 Å². The molecule has 1 heterocycles. The van der Waals surface area contributed by atoms with Crippen molar-refractivity contribution in [2.75, 3.05) is 52.5 Å². The van der Waals surface area contributed by atoms with Gasteiger partial charge in [0.15, 0.2) is 5.96 Å². The first-order valence-corrected chi connectivity index (χ1v) is 9.32. The molecule has 26 heavy (non-hydrogen) atoms. The van der Waals surface area contributed by atoms with E-state index in [0.717, 1.165) is 64.1 Å². The molecule has 0 bridgehead atoms. The number of nitrogens with zero attached hydrogens (tertiary/aromatic N) is 2. The maximum atomic E-state index is 5.87. The second-order valence-corrected chi connectivity index (χ2v) is 6.20. The predicted molar refractivity (Wildman–Crippen MR) is 118 cm³/mol. The van der Waals surface area contributed by atoms with Gasteiger partial charge in [-0.25, -0.2) is 4.99 Å². The molecular weight excluding hydrogens is 443 g/mol. The number of aliphatic imine (C=N–C) groups is 1. The zero-order chi connectivity index (χ0) is 17.7. The molecule has 2 N–H and O–H groups in total. The van der Waals surface area contributed by atoms with Gasteiger partial charge < -0.3 is 20.1 Å². The fourth-order valence-corrected chi connectivity index (χ4v) is 2.66. The molecule has 1 unspecified atom stereocenters. The van der Waals surface area contributed by atoms with Crippen LogP contribution in [0.3, 0.4) is 0 Å². The van der Waals surface area contributed by atoms with E-state index in [2.05, 4.69) is 27.4 Å². The van der Waals surface area contributed by atoms with Gasteiger partial charge in [-0.15, -0.1) is 24.0 Å². The van der Waals surface area contributed by atoms with Crippen molar-refractivity contribution in [3.05, 3.63) is 30.3 Å². The van der Waals surface area contributed by atoms with Gasteiger partial charge in [-0.3, -0.25) is 4.90 Å². The predicted octanol–water partition coefficient (Wildman–Crippen LogP) is 2.35. The number of guanidine groups is 1. The molecule has 0 aliphatic carbocycles. The van der Waals surface area contributed by atoms with Gasteiger partial charge in [0, 0.05) is 26.2 Å². The number of nitrogens with one attached hydrogen (secondary N) is 2. The minimum atomic E-state index is 0. The highest BCUT2D eigenvalue weighted by Gasteiger charge is 2.09. The zero-order valence-corrected chi connectivity index (χ0v) is 18.3. The Morgan fingerprint density at radius 3 is 2.65 bits per heavy atom. The van der Waals surface area contributed by atoms with E-state index in [1.807, 2.05) is 37.3 Å². The third kappa shape index (κ3) is 9.59. The van der Waals surface area contributed by atoms with E-state index in [1.54, 1.807) is 0 Å². The van der Waals surface area contributed by atoms with E-state index in [-0.39, 0.29) is 30.1 Å². The molecule has 1 saturated heterocycles. The number of hydrogen-bond acceptors (Lipinski definition) is 4. The Bertz CT molecular complexity index is 496. The molecule has 1 atom stereocenters. The van der Waals surface area contributed by atoms with Crippen LogP contribution in [0.15, 0.2) is 35.3 Å². The summed E-state index contributed by atoms with van der Waals surface area (Å²) in [6.45, 7) is 11.4. The molecular formula is C19H33IN4O2. The fraction of sp³-hybridized carbons (Fsp3) is 0.632. The summed E-state index contributed by atoms with van der Waals surface area (Å²) in [6, 6.07) is 9.88. The molecule has 1 aromatic rings. The molecule has 7 heteroatoms. The van der Waals surface area contributed by atoms with Crippen LogP contribution >= 0.6 is 24.0 Å². The Balaban J connectivity index is 0.00000338. The lowest BCUT2D eigenvalue weighted by Gasteiger charge is -2.26. The highest BCUT2D eigenvalue weighted by atomic mass is 127. The fourth-order valence-electron chi connectivity index (χ4n) is 2.66. The summed E-state index contributed by atoms with van der Waals surface area (Å²) in [5.74, 6) is 1.74. The minimum Gasteiger partial charge on any atom is -0.489 e. The van der Waals surface area contributed by atoms with E-state index in [9.17, 15) is 0 Å². The first kappa shape index (κ1) is 23.0. The molecule has 0 radical (unpaired) electrons. The van der Waals surface area contributed by atoms with Crippen LogP contribution in [0.2, 0.25) is 0 Å². The van der Waals surface area contributed by atoms with Gasteiger partial charge in [-0.2, -0.15) is 0 Å². The van der Waals surface area contributed by atoms with Crippen molar-refractivity contribution in [1.82, 2.24) is 15.5 Å². The van der Waals surface area contributed by atoms with E-state index < -0.39 is 0 Å². The molecule has 0 amide bonds. The number of hydrogen-bond donors (Lipinski definition) is 2. The second-order valence-electron chi connectivity index (χ2n) is 6.20. The number of morpholine rings is 1. The first-order chi connectivity index (χ1) is 12.3. The molecule has 0 spiro atoms. The molecule has 1 fully saturated rings. The highest BCUT2D eigenvalue weighted by molar-refractivity contribution is 14.0. The third-order valence-electron chi connectivity index (χ3n) is 3.98. The summed E-state index contributed by atoms with van der Waals surface area (Å²) in [5.41, 5.74) is 0. The summed E-state index contributed by atoms with van der Waals surface area (Å²) in [7, 11) is 0. The topological polar surface area (TPSA) is 58.1 Å². The Hall–Kier alpha value is -1.06. The van der Waals surface area contributed by atoms with E-state index >= 15 is 0 Å². The standard InChI is InChI=1S/C19H32N4O2.HI/c1-3-20-19(21-10-7-11-23-12-14-24-15-13-23)22-16-17(2)25-18-8-5-4-6-9-18;/h4-6,8-9,17H,3,7,10-16H2,1-2H3,(H2,20,21,22);1H. The maximum Gasteiger partial charge on any atom is 0.191 e. The van der Waals surface area contributed by atoms with Gasteiger partial charge >= 0.3 is 0 Å². The summed E-state index contributed by atoms with van der Waals surface area (Å²) >= 11 is 0. The lowest BCUT2D eigenvalue weighted by atomic mass is 10.3. The lowest BCUT2D eigenvalue weighted by Crippen LogP contribution is -2.41. The van der Waals surface area contributed by atoms with Crippen LogP contribution in [0.1, 0.15) is 20.3 Å². The zero-order valence-electron chi connectivity index (χ0n) is 15.9. The van der Waals surface area contributed by atoms with Gasteiger partial charge in [-0.05, 0) is 38.9 Å². The smallest absolute Gasteiger partial charge is 0.191 e. The normalized spacial score (nSPS) is 16.5. The summed E-state index contributed by atoms with van der Waals surface area (Å²) in [6.07, 6.45) is 1.13. The van der Waals surface area contributed by atoms with Crippen LogP contribution in [0.4, 0.5) is 0 Å². The minimum absolute atomic E-state index is 0. The largest absolute Gasteiger partial charge is 0.489 e. The van der Waals surface area contributed by atoms with Crippen molar-refractivity contribution in [2.24, 2.45) is 4.99 Å². The molecule has 1 aromatic carbocycles. The molecule has 1 aliphatic heterocycles. The SMILES string of the molecule is CCNC(=NCC(C)Oc1ccccc1)NCCCN1CCOCC1.I. The van der Waals surface area contributed by atoms with E-state index in [4.69, 9.17) is 9.47 Å². The van der Waals surface area contributed by atoms with Crippen molar-refractivity contribution in [3.8, 4) is 5.75 Å². The Kier molecular flexibility index (Phi) is 12.4. The van der Waals surface area contributed by atoms with Crippen LogP contribution in [-0.4, -0.2) is 69.4 Å². The molecule has 6 nitrogen and oxygen atoms in total. The average Bonchev–Trinajstić information content (AvgIpc) is 2.65. The lowest BCUT2D eigenvalue weighted by molar-refractivity contribution is 0.0376. The Morgan fingerprint density at radius 2 is 1.96 bits per heavy atom. The van der Waals surface area contributed by atoms with Gasteiger partial charge in [-0.1, -0.05) is 18.2 Å². The van der Waals surface area contributed by atoms with Crippen LogP contribution in [0.25, 0.3) is 0 Å². The average molecular weight is 476 g/mol. The van der Waals surface area contributed by atoms with Gasteiger partial charge in [0.05, 0.1) is 19.8 Å². The maximum absolute atomic E-state index is 5.87. The van der Waals surface area contributed by atoms with Crippen molar-refractivity contribution in [2.45, 2.75) is 26.4 Å². The van der Waals surface area contributed by atoms with Crippen LogP contribution in [0, 0.1) is 0 Å². The summed E-state index contributed by atoms with van der Waals surface area (Å²) in [5, 5.41) is 6.69. The number of ether oxygens (including phenoxy) is 2. The Labute approximate surface area is 174 Å².